The Hall–Kier alpha value is -2.80. The van der Waals surface area contributed by atoms with Gasteiger partial charge in [0.05, 0.1) is 0 Å². The Morgan fingerprint density at radius 3 is 2.43 bits per heavy atom. The number of nitrogens with one attached hydrogen (secondary N) is 1. The van der Waals surface area contributed by atoms with Crippen LogP contribution in [0, 0.1) is 0 Å². The van der Waals surface area contributed by atoms with Gasteiger partial charge < -0.3 is 19.7 Å². The number of rotatable bonds is 6. The van der Waals surface area contributed by atoms with E-state index in [0.717, 1.165) is 10.0 Å². The number of nitrogens with zero attached hydrogens (tertiary/aromatic N) is 1. The lowest BCUT2D eigenvalue weighted by Gasteiger charge is -2.21. The summed E-state index contributed by atoms with van der Waals surface area (Å²) in [5.74, 6) is 0.684. The van der Waals surface area contributed by atoms with E-state index in [4.69, 9.17) is 9.47 Å². The molecule has 7 heteroatoms. The van der Waals surface area contributed by atoms with E-state index < -0.39 is 0 Å². The molecule has 1 N–H and O–H groups in total. The van der Waals surface area contributed by atoms with E-state index in [2.05, 4.69) is 21.2 Å². The van der Waals surface area contributed by atoms with Gasteiger partial charge in [-0.1, -0.05) is 22.0 Å². The molecule has 6 nitrogen and oxygen atoms in total. The Bertz CT molecular complexity index is 905. The van der Waals surface area contributed by atoms with Crippen molar-refractivity contribution in [3.05, 3.63) is 63.8 Å². The van der Waals surface area contributed by atoms with Gasteiger partial charge in [-0.25, -0.2) is 0 Å². The molecule has 1 aliphatic heterocycles. The molecule has 1 heterocycles. The predicted octanol–water partition coefficient (Wildman–Crippen LogP) is 3.82. The van der Waals surface area contributed by atoms with Crippen LogP contribution in [0.1, 0.15) is 29.8 Å². The van der Waals surface area contributed by atoms with Crippen molar-refractivity contribution in [1.82, 2.24) is 10.2 Å². The minimum absolute atomic E-state index is 0.175. The fraction of sp³-hybridized carbons (Fsp3) is 0.238. The number of benzene rings is 2. The zero-order valence-electron chi connectivity index (χ0n) is 15.7. The average Bonchev–Trinajstić information content (AvgIpc) is 3.16. The first-order valence-electron chi connectivity index (χ1n) is 8.99. The number of fused-ring (bicyclic) bond motifs is 1. The summed E-state index contributed by atoms with van der Waals surface area (Å²) in [5, 5.41) is 2.76. The Labute approximate surface area is 172 Å². The molecule has 0 saturated carbocycles. The summed E-state index contributed by atoms with van der Waals surface area (Å²) in [6, 6.07) is 12.3. The van der Waals surface area contributed by atoms with Crippen LogP contribution in [0.2, 0.25) is 0 Å². The molecule has 0 atom stereocenters. The van der Waals surface area contributed by atoms with Gasteiger partial charge in [0.15, 0.2) is 11.5 Å². The van der Waals surface area contributed by atoms with Crippen molar-refractivity contribution in [2.24, 2.45) is 0 Å². The molecular weight excluding hydrogens is 424 g/mol. The normalized spacial score (nSPS) is 12.6. The molecule has 0 aliphatic carbocycles. The molecule has 0 spiro atoms. The number of ether oxygens (including phenoxy) is 2. The third-order valence-electron chi connectivity index (χ3n) is 4.34. The highest BCUT2D eigenvalue weighted by molar-refractivity contribution is 9.10. The van der Waals surface area contributed by atoms with Crippen molar-refractivity contribution in [2.45, 2.75) is 13.8 Å². The van der Waals surface area contributed by atoms with E-state index in [9.17, 15) is 9.59 Å². The van der Waals surface area contributed by atoms with Gasteiger partial charge >= 0.3 is 0 Å². The van der Waals surface area contributed by atoms with Gasteiger partial charge in [0.25, 0.3) is 11.8 Å². The summed E-state index contributed by atoms with van der Waals surface area (Å²) in [5.41, 5.74) is 1.40. The molecule has 0 saturated heterocycles. The number of likely N-dealkylation sites (N-methyl/N-ethyl adjacent to an activating group) is 1. The van der Waals surface area contributed by atoms with Crippen LogP contribution < -0.4 is 14.8 Å². The van der Waals surface area contributed by atoms with E-state index in [1.807, 2.05) is 19.9 Å². The smallest absolute Gasteiger partial charge is 0.270 e. The molecule has 3 rings (SSSR count). The van der Waals surface area contributed by atoms with Crippen LogP contribution >= 0.6 is 15.9 Å². The van der Waals surface area contributed by atoms with E-state index in [1.165, 1.54) is 0 Å². The third-order valence-corrected chi connectivity index (χ3v) is 4.87. The molecule has 146 valence electrons. The van der Waals surface area contributed by atoms with Crippen LogP contribution in [-0.4, -0.2) is 36.6 Å². The molecule has 2 amide bonds. The molecular formula is C21H21BrN2O4. The van der Waals surface area contributed by atoms with Crippen molar-refractivity contribution in [2.75, 3.05) is 19.9 Å². The number of hydrogen-bond donors (Lipinski definition) is 1. The largest absolute Gasteiger partial charge is 0.454 e. The maximum absolute atomic E-state index is 12.9. The Balaban J connectivity index is 1.91. The maximum Gasteiger partial charge on any atom is 0.270 e. The quantitative estimate of drug-likeness (QED) is 0.687. The van der Waals surface area contributed by atoms with Crippen LogP contribution in [0.25, 0.3) is 6.08 Å². The standard InChI is InChI=1S/C21H21BrN2O4/c1-3-24(4-2)21(26)17(23-20(25)15-6-8-16(22)9-7-15)11-14-5-10-18-19(12-14)28-13-27-18/h5-12H,3-4,13H2,1-2H3,(H,23,25)/b17-11-. The molecule has 28 heavy (non-hydrogen) atoms. The fourth-order valence-electron chi connectivity index (χ4n) is 2.80. The van der Waals surface area contributed by atoms with E-state index in [1.54, 1.807) is 47.4 Å². The van der Waals surface area contributed by atoms with Gasteiger partial charge in [-0.15, -0.1) is 0 Å². The number of halogens is 1. The Kier molecular flexibility index (Phi) is 6.36. The number of carbonyl (C=O) groups excluding carboxylic acids is 2. The summed E-state index contributed by atoms with van der Waals surface area (Å²) >= 11 is 3.35. The van der Waals surface area contributed by atoms with Crippen LogP contribution in [-0.2, 0) is 4.79 Å². The highest BCUT2D eigenvalue weighted by Crippen LogP contribution is 2.33. The predicted molar refractivity (Wildman–Crippen MR) is 110 cm³/mol. The molecule has 2 aromatic rings. The Morgan fingerprint density at radius 2 is 1.75 bits per heavy atom. The third kappa shape index (κ3) is 4.54. The molecule has 0 fully saturated rings. The van der Waals surface area contributed by atoms with Gasteiger partial charge in [0.1, 0.15) is 5.70 Å². The first kappa shape index (κ1) is 19.9. The van der Waals surface area contributed by atoms with Crippen molar-refractivity contribution < 1.29 is 19.1 Å². The number of hydrogen-bond acceptors (Lipinski definition) is 4. The average molecular weight is 445 g/mol. The lowest BCUT2D eigenvalue weighted by molar-refractivity contribution is -0.127. The minimum Gasteiger partial charge on any atom is -0.454 e. The van der Waals surface area contributed by atoms with Crippen molar-refractivity contribution in [3.63, 3.8) is 0 Å². The monoisotopic (exact) mass is 444 g/mol. The molecule has 0 bridgehead atoms. The van der Waals surface area contributed by atoms with Gasteiger partial charge in [0, 0.05) is 23.1 Å². The van der Waals surface area contributed by atoms with Crippen molar-refractivity contribution >= 4 is 33.8 Å². The summed E-state index contributed by atoms with van der Waals surface area (Å²) in [4.78, 5) is 27.3. The zero-order chi connectivity index (χ0) is 20.1. The lowest BCUT2D eigenvalue weighted by atomic mass is 10.1. The maximum atomic E-state index is 12.9. The molecule has 1 aliphatic rings. The van der Waals surface area contributed by atoms with Gasteiger partial charge in [-0.2, -0.15) is 0 Å². The fourth-order valence-corrected chi connectivity index (χ4v) is 3.06. The SMILES string of the molecule is CCN(CC)C(=O)/C(=C/c1ccc2c(c1)OCO2)NC(=O)c1ccc(Br)cc1. The first-order valence-corrected chi connectivity index (χ1v) is 9.78. The van der Waals surface area contributed by atoms with Crippen LogP contribution in [0.5, 0.6) is 11.5 Å². The minimum atomic E-state index is -0.347. The summed E-state index contributed by atoms with van der Waals surface area (Å²) in [7, 11) is 0. The molecule has 0 unspecified atom stereocenters. The van der Waals surface area contributed by atoms with E-state index >= 15 is 0 Å². The van der Waals surface area contributed by atoms with Gasteiger partial charge in [-0.05, 0) is 61.9 Å². The van der Waals surface area contributed by atoms with Crippen LogP contribution in [0.3, 0.4) is 0 Å². The summed E-state index contributed by atoms with van der Waals surface area (Å²) < 4.78 is 11.6. The summed E-state index contributed by atoms with van der Waals surface area (Å²) in [6.45, 7) is 5.06. The number of carbonyl (C=O) groups is 2. The lowest BCUT2D eigenvalue weighted by Crippen LogP contribution is -2.38. The summed E-state index contributed by atoms with van der Waals surface area (Å²) in [6.07, 6.45) is 1.65. The molecule has 0 aromatic heterocycles. The molecule has 2 aromatic carbocycles. The van der Waals surface area contributed by atoms with Crippen LogP contribution in [0.15, 0.2) is 52.6 Å². The first-order chi connectivity index (χ1) is 13.5. The second-order valence-corrected chi connectivity index (χ2v) is 7.02. The second kappa shape index (κ2) is 8.93. The van der Waals surface area contributed by atoms with Crippen molar-refractivity contribution in [3.8, 4) is 11.5 Å². The highest BCUT2D eigenvalue weighted by atomic mass is 79.9. The van der Waals surface area contributed by atoms with Gasteiger partial charge in [0.2, 0.25) is 6.79 Å². The van der Waals surface area contributed by atoms with Crippen molar-refractivity contribution in [1.29, 1.82) is 0 Å². The number of amides is 2. The van der Waals surface area contributed by atoms with E-state index in [0.29, 0.717) is 30.2 Å². The van der Waals surface area contributed by atoms with Crippen LogP contribution in [0.4, 0.5) is 0 Å². The topological polar surface area (TPSA) is 67.9 Å². The van der Waals surface area contributed by atoms with E-state index in [-0.39, 0.29) is 24.3 Å². The molecule has 0 radical (unpaired) electrons. The Morgan fingerprint density at radius 1 is 1.07 bits per heavy atom. The zero-order valence-corrected chi connectivity index (χ0v) is 17.3. The highest BCUT2D eigenvalue weighted by Gasteiger charge is 2.20. The van der Waals surface area contributed by atoms with Gasteiger partial charge in [-0.3, -0.25) is 9.59 Å². The second-order valence-electron chi connectivity index (χ2n) is 6.11.